The molecule has 0 radical (unpaired) electrons. The zero-order chi connectivity index (χ0) is 27.8. The van der Waals surface area contributed by atoms with Crippen molar-refractivity contribution in [2.24, 2.45) is 0 Å². The summed E-state index contributed by atoms with van der Waals surface area (Å²) in [6, 6.07) is 10.2. The molecule has 3 saturated heterocycles. The number of rotatable bonds is 8. The summed E-state index contributed by atoms with van der Waals surface area (Å²) in [5.41, 5.74) is 2.78. The second-order valence-electron chi connectivity index (χ2n) is 9.78. The van der Waals surface area contributed by atoms with Crippen LogP contribution >= 0.6 is 11.6 Å². The number of anilines is 5. The quantitative estimate of drug-likeness (QED) is 0.364. The molecule has 1 amide bonds. The molecule has 0 saturated carbocycles. The van der Waals surface area contributed by atoms with Crippen molar-refractivity contribution in [3.05, 3.63) is 71.8 Å². The average molecular weight is 567 g/mol. The molecule has 12 heteroatoms. The fourth-order valence-corrected chi connectivity index (χ4v) is 5.56. The number of nitrogens with one attached hydrogen (secondary N) is 2. The monoisotopic (exact) mass is 566 g/mol. The van der Waals surface area contributed by atoms with Gasteiger partial charge in [-0.05, 0) is 36.3 Å². The number of carbonyl (C=O) groups is 1. The number of ether oxygens (including phenoxy) is 2. The number of hydrogen-bond donors (Lipinski definition) is 2. The van der Waals surface area contributed by atoms with E-state index in [1.165, 1.54) is 24.5 Å². The van der Waals surface area contributed by atoms with Crippen molar-refractivity contribution >= 4 is 46.2 Å². The van der Waals surface area contributed by atoms with E-state index in [1.807, 2.05) is 12.1 Å². The van der Waals surface area contributed by atoms with Crippen molar-refractivity contribution in [3.63, 3.8) is 0 Å². The standard InChI is InChI=1S/C28H28ClFN6O4/c1-3-28(37)34-21-10-22(25(38-2)11-24(21)35-13-18-9-17(35)14-39-18)33-26-12-27(32-15-31-26)36-23(6-7-40-36)16-4-5-19(29)20(30)8-16/h3-5,8,10-12,15,17-18,23H,1,6-7,9,13-14H2,2H3,(H,34,37)(H,31,32,33)/t17-,18-,23+/m0/s1. The third kappa shape index (κ3) is 5.03. The SMILES string of the molecule is C=CC(=O)Nc1cc(Nc2cc(N3OCC[C@@H]3c3ccc(Cl)c(F)c3)ncn2)c(OC)cc1N1C[C@@H]2C[C@H]1CO2. The Morgan fingerprint density at radius 1 is 1.25 bits per heavy atom. The van der Waals surface area contributed by atoms with Crippen LogP contribution in [0.2, 0.25) is 5.02 Å². The van der Waals surface area contributed by atoms with Crippen LogP contribution in [0.3, 0.4) is 0 Å². The van der Waals surface area contributed by atoms with Crippen molar-refractivity contribution in [2.45, 2.75) is 31.0 Å². The number of morpholine rings is 1. The van der Waals surface area contributed by atoms with Gasteiger partial charge in [0.2, 0.25) is 5.91 Å². The van der Waals surface area contributed by atoms with Crippen LogP contribution < -0.4 is 25.3 Å². The van der Waals surface area contributed by atoms with Crippen LogP contribution in [0.15, 0.2) is 55.4 Å². The van der Waals surface area contributed by atoms with Gasteiger partial charge in [0.05, 0.1) is 60.6 Å². The van der Waals surface area contributed by atoms with Gasteiger partial charge < -0.3 is 25.0 Å². The fourth-order valence-electron chi connectivity index (χ4n) is 5.44. The lowest BCUT2D eigenvalue weighted by molar-refractivity contribution is -0.111. The van der Waals surface area contributed by atoms with Gasteiger partial charge in [-0.15, -0.1) is 0 Å². The van der Waals surface area contributed by atoms with Gasteiger partial charge in [0, 0.05) is 25.1 Å². The van der Waals surface area contributed by atoms with Crippen molar-refractivity contribution in [1.82, 2.24) is 9.97 Å². The van der Waals surface area contributed by atoms with Crippen LogP contribution in [0.25, 0.3) is 0 Å². The highest BCUT2D eigenvalue weighted by molar-refractivity contribution is 6.30. The minimum Gasteiger partial charge on any atom is -0.494 e. The molecule has 208 valence electrons. The molecule has 3 aliphatic heterocycles. The number of aromatic nitrogens is 2. The third-order valence-corrected chi connectivity index (χ3v) is 7.65. The molecule has 6 rings (SSSR count). The molecule has 3 aliphatic rings. The van der Waals surface area contributed by atoms with E-state index in [0.717, 1.165) is 24.2 Å². The van der Waals surface area contributed by atoms with Gasteiger partial charge in [-0.2, -0.15) is 0 Å². The molecule has 3 atom stereocenters. The lowest BCUT2D eigenvalue weighted by Gasteiger charge is -2.31. The van der Waals surface area contributed by atoms with E-state index in [2.05, 4.69) is 32.1 Å². The molecule has 1 aromatic heterocycles. The maximum atomic E-state index is 14.2. The maximum Gasteiger partial charge on any atom is 0.247 e. The topological polar surface area (TPSA) is 101 Å². The molecule has 0 spiro atoms. The van der Waals surface area contributed by atoms with E-state index in [0.29, 0.717) is 48.4 Å². The summed E-state index contributed by atoms with van der Waals surface area (Å²) in [5.74, 6) is 0.738. The molecule has 4 heterocycles. The lowest BCUT2D eigenvalue weighted by Crippen LogP contribution is -2.37. The van der Waals surface area contributed by atoms with Gasteiger partial charge in [0.15, 0.2) is 5.82 Å². The highest BCUT2D eigenvalue weighted by atomic mass is 35.5. The molecule has 40 heavy (non-hydrogen) atoms. The Labute approximate surface area is 235 Å². The van der Waals surface area contributed by atoms with Gasteiger partial charge in [-0.1, -0.05) is 24.2 Å². The summed E-state index contributed by atoms with van der Waals surface area (Å²) in [7, 11) is 1.59. The summed E-state index contributed by atoms with van der Waals surface area (Å²) in [6.07, 6.45) is 4.43. The van der Waals surface area contributed by atoms with Crippen LogP contribution in [-0.4, -0.2) is 54.9 Å². The molecule has 0 aliphatic carbocycles. The third-order valence-electron chi connectivity index (χ3n) is 7.35. The van der Waals surface area contributed by atoms with Gasteiger partial charge in [-0.25, -0.2) is 19.4 Å². The summed E-state index contributed by atoms with van der Waals surface area (Å²) in [4.78, 5) is 29.2. The van der Waals surface area contributed by atoms with Crippen molar-refractivity contribution in [3.8, 4) is 5.75 Å². The van der Waals surface area contributed by atoms with Gasteiger partial charge in [0.1, 0.15) is 23.7 Å². The highest BCUT2D eigenvalue weighted by Gasteiger charge is 2.40. The number of nitrogens with zero attached hydrogens (tertiary/aromatic N) is 4. The van der Waals surface area contributed by atoms with Gasteiger partial charge in [-0.3, -0.25) is 9.63 Å². The number of hydroxylamine groups is 1. The van der Waals surface area contributed by atoms with E-state index in [-0.39, 0.29) is 29.1 Å². The van der Waals surface area contributed by atoms with E-state index in [9.17, 15) is 9.18 Å². The van der Waals surface area contributed by atoms with Crippen LogP contribution in [0, 0.1) is 5.82 Å². The molecule has 3 fully saturated rings. The fraction of sp³-hybridized carbons (Fsp3) is 0.321. The number of methoxy groups -OCH3 is 1. The Balaban J connectivity index is 1.30. The van der Waals surface area contributed by atoms with Crippen LogP contribution in [0.5, 0.6) is 5.75 Å². The molecule has 2 aromatic carbocycles. The zero-order valence-corrected chi connectivity index (χ0v) is 22.5. The number of fused-ring (bicyclic) bond motifs is 2. The van der Waals surface area contributed by atoms with E-state index < -0.39 is 5.82 Å². The Morgan fingerprint density at radius 2 is 2.12 bits per heavy atom. The number of benzene rings is 2. The average Bonchev–Trinajstić information content (AvgIpc) is 3.73. The minimum absolute atomic E-state index is 0.0666. The summed E-state index contributed by atoms with van der Waals surface area (Å²) in [6.45, 7) is 5.42. The predicted octanol–water partition coefficient (Wildman–Crippen LogP) is 5.01. The second kappa shape index (κ2) is 10.9. The number of halogens is 2. The molecule has 2 bridgehead atoms. The Bertz CT molecular complexity index is 1460. The zero-order valence-electron chi connectivity index (χ0n) is 21.8. The first-order chi connectivity index (χ1) is 19.4. The lowest BCUT2D eigenvalue weighted by atomic mass is 10.0. The van der Waals surface area contributed by atoms with Crippen molar-refractivity contribution in [1.29, 1.82) is 0 Å². The Kier molecular flexibility index (Phi) is 7.18. The van der Waals surface area contributed by atoms with E-state index in [4.69, 9.17) is 25.9 Å². The van der Waals surface area contributed by atoms with Crippen molar-refractivity contribution in [2.75, 3.05) is 47.5 Å². The second-order valence-corrected chi connectivity index (χ2v) is 10.2. The Morgan fingerprint density at radius 3 is 2.85 bits per heavy atom. The molecule has 2 N–H and O–H groups in total. The largest absolute Gasteiger partial charge is 0.494 e. The number of amides is 1. The molecule has 10 nitrogen and oxygen atoms in total. The summed E-state index contributed by atoms with van der Waals surface area (Å²) < 4.78 is 25.7. The highest BCUT2D eigenvalue weighted by Crippen LogP contribution is 2.43. The summed E-state index contributed by atoms with van der Waals surface area (Å²) >= 11 is 5.88. The minimum atomic E-state index is -0.486. The predicted molar refractivity (Wildman–Crippen MR) is 150 cm³/mol. The van der Waals surface area contributed by atoms with Crippen molar-refractivity contribution < 1.29 is 23.5 Å². The molecular weight excluding hydrogens is 539 g/mol. The number of hydrogen-bond acceptors (Lipinski definition) is 9. The summed E-state index contributed by atoms with van der Waals surface area (Å²) in [5, 5.41) is 7.93. The molecule has 3 aromatic rings. The molecular formula is C28H28ClFN6O4. The first-order valence-corrected chi connectivity index (χ1v) is 13.3. The van der Waals surface area contributed by atoms with Gasteiger partial charge in [0.25, 0.3) is 0 Å². The Hall–Kier alpha value is -3.93. The smallest absolute Gasteiger partial charge is 0.247 e. The van der Waals surface area contributed by atoms with Crippen LogP contribution in [0.4, 0.5) is 33.1 Å². The van der Waals surface area contributed by atoms with Crippen LogP contribution in [0.1, 0.15) is 24.4 Å². The first-order valence-electron chi connectivity index (χ1n) is 12.9. The van der Waals surface area contributed by atoms with E-state index >= 15 is 0 Å². The maximum absolute atomic E-state index is 14.2. The number of carbonyl (C=O) groups excluding carboxylic acids is 1. The first kappa shape index (κ1) is 26.3. The molecule has 0 unspecified atom stereocenters. The van der Waals surface area contributed by atoms with E-state index in [1.54, 1.807) is 24.3 Å². The van der Waals surface area contributed by atoms with Crippen LogP contribution in [-0.2, 0) is 14.4 Å². The normalized spacial score (nSPS) is 21.5. The van der Waals surface area contributed by atoms with Gasteiger partial charge >= 0.3 is 0 Å².